The number of halogens is 1. The lowest BCUT2D eigenvalue weighted by Crippen LogP contribution is -2.17. The number of ketones is 1. The zero-order chi connectivity index (χ0) is 18.8. The largest absolute Gasteiger partial charge is 0.493 e. The highest BCUT2D eigenvalue weighted by Gasteiger charge is 2.20. The lowest BCUT2D eigenvalue weighted by molar-refractivity contribution is 0.102. The molecule has 134 valence electrons. The van der Waals surface area contributed by atoms with Crippen LogP contribution in [0.1, 0.15) is 16.2 Å². The van der Waals surface area contributed by atoms with Crippen LogP contribution in [0, 0.1) is 5.82 Å². The standard InChI is InChI=1S/C18H15FN2O5/c1-24-12-7-9(8-13(25-2)16(12)26-3)15(22)17-20-11-6-4-5-10(19)14(11)18(23)21-17/h4-8H,1-3H3,(H,20,21,23). The zero-order valence-electron chi connectivity index (χ0n) is 14.3. The van der Waals surface area contributed by atoms with Gasteiger partial charge in [0.15, 0.2) is 17.3 Å². The minimum absolute atomic E-state index is 0.0875. The van der Waals surface area contributed by atoms with Gasteiger partial charge in [-0.2, -0.15) is 0 Å². The lowest BCUT2D eigenvalue weighted by atomic mass is 10.1. The Morgan fingerprint density at radius 3 is 2.31 bits per heavy atom. The molecule has 2 aromatic carbocycles. The van der Waals surface area contributed by atoms with E-state index in [9.17, 15) is 14.0 Å². The number of rotatable bonds is 5. The van der Waals surface area contributed by atoms with Crippen molar-refractivity contribution in [1.82, 2.24) is 9.97 Å². The van der Waals surface area contributed by atoms with Crippen LogP contribution in [0.5, 0.6) is 17.2 Å². The molecule has 26 heavy (non-hydrogen) atoms. The molecule has 0 aliphatic carbocycles. The van der Waals surface area contributed by atoms with Gasteiger partial charge in [-0.25, -0.2) is 9.37 Å². The molecule has 0 fully saturated rings. The van der Waals surface area contributed by atoms with E-state index in [1.165, 1.54) is 45.6 Å². The van der Waals surface area contributed by atoms with Crippen LogP contribution in [-0.2, 0) is 0 Å². The van der Waals surface area contributed by atoms with Crippen LogP contribution in [0.3, 0.4) is 0 Å². The fourth-order valence-corrected chi connectivity index (χ4v) is 2.61. The monoisotopic (exact) mass is 358 g/mol. The number of aromatic nitrogens is 2. The summed E-state index contributed by atoms with van der Waals surface area (Å²) in [5, 5.41) is -0.200. The molecule has 1 N–H and O–H groups in total. The first kappa shape index (κ1) is 17.4. The molecule has 1 heterocycles. The number of carbonyl (C=O) groups excluding carboxylic acids is 1. The summed E-state index contributed by atoms with van der Waals surface area (Å²) >= 11 is 0. The van der Waals surface area contributed by atoms with E-state index in [1.54, 1.807) is 0 Å². The summed E-state index contributed by atoms with van der Waals surface area (Å²) in [5.41, 5.74) is -0.480. The zero-order valence-corrected chi connectivity index (χ0v) is 14.3. The Hall–Kier alpha value is -3.42. The van der Waals surface area contributed by atoms with Crippen molar-refractivity contribution < 1.29 is 23.4 Å². The quantitative estimate of drug-likeness (QED) is 0.704. The van der Waals surface area contributed by atoms with Gasteiger partial charge in [0, 0.05) is 5.56 Å². The second-order valence-corrected chi connectivity index (χ2v) is 5.29. The highest BCUT2D eigenvalue weighted by Crippen LogP contribution is 2.38. The van der Waals surface area contributed by atoms with Crippen molar-refractivity contribution >= 4 is 16.7 Å². The second-order valence-electron chi connectivity index (χ2n) is 5.29. The van der Waals surface area contributed by atoms with Crippen molar-refractivity contribution in [3.63, 3.8) is 0 Å². The van der Waals surface area contributed by atoms with Crippen molar-refractivity contribution in [2.45, 2.75) is 0 Å². The number of benzene rings is 2. The maximum absolute atomic E-state index is 13.8. The summed E-state index contributed by atoms with van der Waals surface area (Å²) in [5.74, 6) is -0.611. The van der Waals surface area contributed by atoms with Crippen molar-refractivity contribution in [3.8, 4) is 17.2 Å². The van der Waals surface area contributed by atoms with Crippen molar-refractivity contribution in [2.75, 3.05) is 21.3 Å². The van der Waals surface area contributed by atoms with E-state index in [0.29, 0.717) is 5.75 Å². The molecule has 0 amide bonds. The van der Waals surface area contributed by atoms with Crippen LogP contribution in [0.2, 0.25) is 0 Å². The molecule has 0 aliphatic heterocycles. The fraction of sp³-hybridized carbons (Fsp3) is 0.167. The number of ether oxygens (including phenoxy) is 3. The van der Waals surface area contributed by atoms with Gasteiger partial charge in [0.1, 0.15) is 11.2 Å². The van der Waals surface area contributed by atoms with E-state index in [-0.39, 0.29) is 33.8 Å². The van der Waals surface area contributed by atoms with Crippen LogP contribution >= 0.6 is 0 Å². The highest BCUT2D eigenvalue weighted by molar-refractivity contribution is 6.08. The van der Waals surface area contributed by atoms with Gasteiger partial charge in [-0.05, 0) is 24.3 Å². The number of H-pyrrole nitrogens is 1. The average molecular weight is 358 g/mol. The van der Waals surface area contributed by atoms with Crippen LogP contribution in [0.15, 0.2) is 35.1 Å². The number of fused-ring (bicyclic) bond motifs is 1. The van der Waals surface area contributed by atoms with Crippen LogP contribution in [0.4, 0.5) is 4.39 Å². The van der Waals surface area contributed by atoms with Gasteiger partial charge in [0.25, 0.3) is 5.56 Å². The number of nitrogens with zero attached hydrogens (tertiary/aromatic N) is 1. The van der Waals surface area contributed by atoms with E-state index in [0.717, 1.165) is 6.07 Å². The van der Waals surface area contributed by atoms with E-state index in [4.69, 9.17) is 14.2 Å². The third kappa shape index (κ3) is 2.85. The minimum Gasteiger partial charge on any atom is -0.493 e. The van der Waals surface area contributed by atoms with Crippen LogP contribution in [-0.4, -0.2) is 37.1 Å². The SMILES string of the molecule is COc1cc(C(=O)c2nc3cccc(F)c3c(=O)[nH]2)cc(OC)c1OC. The molecular formula is C18H15FN2O5. The van der Waals surface area contributed by atoms with Gasteiger partial charge >= 0.3 is 0 Å². The minimum atomic E-state index is -0.733. The summed E-state index contributed by atoms with van der Waals surface area (Å²) in [6.07, 6.45) is 0. The normalized spacial score (nSPS) is 10.6. The van der Waals surface area contributed by atoms with E-state index in [2.05, 4.69) is 9.97 Å². The summed E-state index contributed by atoms with van der Waals surface area (Å²) in [4.78, 5) is 31.3. The van der Waals surface area contributed by atoms with Gasteiger partial charge in [-0.3, -0.25) is 9.59 Å². The topological polar surface area (TPSA) is 90.5 Å². The van der Waals surface area contributed by atoms with E-state index >= 15 is 0 Å². The number of nitrogens with one attached hydrogen (secondary N) is 1. The molecule has 0 bridgehead atoms. The Bertz CT molecular complexity index is 1040. The third-order valence-corrected chi connectivity index (χ3v) is 3.82. The van der Waals surface area contributed by atoms with Gasteiger partial charge in [-0.15, -0.1) is 0 Å². The molecule has 1 aromatic heterocycles. The third-order valence-electron chi connectivity index (χ3n) is 3.82. The summed E-state index contributed by atoms with van der Waals surface area (Å²) < 4.78 is 29.4. The Morgan fingerprint density at radius 1 is 1.08 bits per heavy atom. The van der Waals surface area contributed by atoms with Crippen molar-refractivity contribution in [1.29, 1.82) is 0 Å². The van der Waals surface area contributed by atoms with Gasteiger partial charge < -0.3 is 19.2 Å². The summed E-state index contributed by atoms with van der Waals surface area (Å²) in [6.45, 7) is 0. The number of hydrogen-bond acceptors (Lipinski definition) is 6. The van der Waals surface area contributed by atoms with Crippen molar-refractivity contribution in [3.05, 3.63) is 57.9 Å². The molecule has 0 aliphatic rings. The van der Waals surface area contributed by atoms with Crippen molar-refractivity contribution in [2.24, 2.45) is 0 Å². The maximum atomic E-state index is 13.8. The summed E-state index contributed by atoms with van der Waals surface area (Å²) in [6, 6.07) is 6.91. The Kier molecular flexibility index (Phi) is 4.57. The first-order valence-corrected chi connectivity index (χ1v) is 7.53. The predicted octanol–water partition coefficient (Wildman–Crippen LogP) is 2.32. The molecule has 0 saturated heterocycles. The highest BCUT2D eigenvalue weighted by atomic mass is 19.1. The average Bonchev–Trinajstić information content (AvgIpc) is 2.65. The smallest absolute Gasteiger partial charge is 0.262 e. The molecule has 0 saturated carbocycles. The molecule has 3 aromatic rings. The molecule has 0 unspecified atom stereocenters. The molecule has 7 nitrogen and oxygen atoms in total. The van der Waals surface area contributed by atoms with Gasteiger partial charge in [-0.1, -0.05) is 6.07 Å². The Balaban J connectivity index is 2.16. The number of methoxy groups -OCH3 is 3. The maximum Gasteiger partial charge on any atom is 0.262 e. The number of carbonyl (C=O) groups is 1. The van der Waals surface area contributed by atoms with Crippen LogP contribution in [0.25, 0.3) is 10.9 Å². The fourth-order valence-electron chi connectivity index (χ4n) is 2.61. The Labute approximate surface area is 147 Å². The molecule has 8 heteroatoms. The molecule has 0 spiro atoms. The lowest BCUT2D eigenvalue weighted by Gasteiger charge is -2.13. The Morgan fingerprint density at radius 2 is 1.73 bits per heavy atom. The van der Waals surface area contributed by atoms with Gasteiger partial charge in [0.2, 0.25) is 11.5 Å². The number of aromatic amines is 1. The first-order valence-electron chi connectivity index (χ1n) is 7.53. The van der Waals surface area contributed by atoms with Gasteiger partial charge in [0.05, 0.1) is 26.8 Å². The molecule has 0 radical (unpaired) electrons. The van der Waals surface area contributed by atoms with Crippen LogP contribution < -0.4 is 19.8 Å². The second kappa shape index (κ2) is 6.83. The van der Waals surface area contributed by atoms with E-state index in [1.807, 2.05) is 0 Å². The number of hydrogen-bond donors (Lipinski definition) is 1. The molecular weight excluding hydrogens is 343 g/mol. The molecule has 3 rings (SSSR count). The summed E-state index contributed by atoms with van der Waals surface area (Å²) in [7, 11) is 4.29. The molecule has 0 atom stereocenters. The van der Waals surface area contributed by atoms with E-state index < -0.39 is 17.2 Å². The predicted molar refractivity (Wildman–Crippen MR) is 91.9 cm³/mol. The first-order chi connectivity index (χ1) is 12.5.